The highest BCUT2D eigenvalue weighted by molar-refractivity contribution is 5.81. The molecule has 10 nitrogen and oxygen atoms in total. The third-order valence-electron chi connectivity index (χ3n) is 6.91. The number of ether oxygens (including phenoxy) is 4. The Kier molecular flexibility index (Phi) is 11.7. The summed E-state index contributed by atoms with van der Waals surface area (Å²) in [5.74, 6) is 1.73. The van der Waals surface area contributed by atoms with E-state index in [1.54, 1.807) is 92.0 Å². The molecule has 0 aliphatic rings. The molecular formula is C38H41F3N2O8. The highest BCUT2D eigenvalue weighted by atomic mass is 19.4. The second kappa shape index (κ2) is 15.6. The van der Waals surface area contributed by atoms with Crippen LogP contribution in [0.4, 0.5) is 22.8 Å². The molecule has 0 aliphatic heterocycles. The van der Waals surface area contributed by atoms with E-state index in [-0.39, 0.29) is 19.0 Å². The Morgan fingerprint density at radius 3 is 2.08 bits per heavy atom. The van der Waals surface area contributed by atoms with E-state index in [1.807, 2.05) is 18.2 Å². The summed E-state index contributed by atoms with van der Waals surface area (Å²) in [7, 11) is 1.56. The maximum absolute atomic E-state index is 13.1. The number of methoxy groups -OCH3 is 1. The molecule has 1 heterocycles. The summed E-state index contributed by atoms with van der Waals surface area (Å²) >= 11 is 0. The van der Waals surface area contributed by atoms with Crippen molar-refractivity contribution in [3.63, 3.8) is 0 Å². The molecular weight excluding hydrogens is 669 g/mol. The molecule has 1 aromatic heterocycles. The predicted octanol–water partition coefficient (Wildman–Crippen LogP) is 9.79. The zero-order chi connectivity index (χ0) is 37.6. The summed E-state index contributed by atoms with van der Waals surface area (Å²) in [5.41, 5.74) is 0.458. The van der Waals surface area contributed by atoms with Crippen LogP contribution in [0, 0.1) is 6.92 Å². The molecule has 0 N–H and O–H groups in total. The highest BCUT2D eigenvalue weighted by Gasteiger charge is 2.30. The number of hydrogen-bond acceptors (Lipinski definition) is 9. The van der Waals surface area contributed by atoms with E-state index in [4.69, 9.17) is 28.2 Å². The fourth-order valence-electron chi connectivity index (χ4n) is 4.56. The van der Waals surface area contributed by atoms with E-state index in [0.29, 0.717) is 39.7 Å². The number of halogens is 3. The lowest BCUT2D eigenvalue weighted by atomic mass is 9.97. The van der Waals surface area contributed by atoms with Crippen LogP contribution in [0.5, 0.6) is 11.5 Å². The van der Waals surface area contributed by atoms with Crippen LogP contribution < -0.4 is 9.47 Å². The molecule has 0 atom stereocenters. The zero-order valence-corrected chi connectivity index (χ0v) is 29.7. The summed E-state index contributed by atoms with van der Waals surface area (Å²) in [6.07, 6.45) is -4.72. The third kappa shape index (κ3) is 11.3. The van der Waals surface area contributed by atoms with Crippen LogP contribution in [0.25, 0.3) is 17.0 Å². The Morgan fingerprint density at radius 1 is 0.843 bits per heavy atom. The average Bonchev–Trinajstić information content (AvgIpc) is 3.42. The summed E-state index contributed by atoms with van der Waals surface area (Å²) in [6.45, 7) is 11.6. The van der Waals surface area contributed by atoms with Gasteiger partial charge < -0.3 is 23.4 Å². The van der Waals surface area contributed by atoms with Crippen LogP contribution in [-0.4, -0.2) is 47.2 Å². The van der Waals surface area contributed by atoms with E-state index in [9.17, 15) is 22.8 Å². The molecule has 0 unspecified atom stereocenters. The second-order valence-electron chi connectivity index (χ2n) is 13.4. The number of nitrogens with zero attached hydrogens (tertiary/aromatic N) is 2. The van der Waals surface area contributed by atoms with Crippen molar-refractivity contribution >= 4 is 17.8 Å². The number of oxazole rings is 1. The Morgan fingerprint density at radius 2 is 1.49 bits per heavy atom. The minimum Gasteiger partial charge on any atom is -0.497 e. The topological polar surface area (TPSA) is 110 Å². The molecule has 0 radical (unpaired) electrons. The van der Waals surface area contributed by atoms with Gasteiger partial charge in [-0.2, -0.15) is 13.2 Å². The Hall–Kier alpha value is -5.46. The van der Waals surface area contributed by atoms with Crippen molar-refractivity contribution in [1.29, 1.82) is 0 Å². The summed E-state index contributed by atoms with van der Waals surface area (Å²) in [4.78, 5) is 35.5. The molecule has 13 heteroatoms. The third-order valence-corrected chi connectivity index (χ3v) is 6.91. The first-order chi connectivity index (χ1) is 23.8. The van der Waals surface area contributed by atoms with E-state index in [0.717, 1.165) is 22.8 Å². The normalized spacial score (nSPS) is 12.3. The lowest BCUT2D eigenvalue weighted by molar-refractivity contribution is -0.137. The minimum atomic E-state index is -4.45. The first kappa shape index (κ1) is 38.3. The number of alkyl halides is 3. The van der Waals surface area contributed by atoms with Crippen LogP contribution in [0.15, 0.2) is 83.3 Å². The number of hydroxylamine groups is 2. The Balaban J connectivity index is 1.61. The zero-order valence-electron chi connectivity index (χ0n) is 29.7. The van der Waals surface area contributed by atoms with Gasteiger partial charge in [-0.15, -0.1) is 5.06 Å². The molecule has 4 aromatic rings. The molecule has 0 saturated carbocycles. The summed E-state index contributed by atoms with van der Waals surface area (Å²) in [6, 6.07) is 19.0. The smallest absolute Gasteiger partial charge is 0.497 e. The van der Waals surface area contributed by atoms with E-state index in [1.165, 1.54) is 12.1 Å². The van der Waals surface area contributed by atoms with Crippen molar-refractivity contribution in [2.75, 3.05) is 13.7 Å². The summed E-state index contributed by atoms with van der Waals surface area (Å²) in [5, 5.41) is 0.783. The van der Waals surface area contributed by atoms with Gasteiger partial charge in [-0.3, -0.25) is 4.84 Å². The quantitative estimate of drug-likeness (QED) is 0.124. The van der Waals surface area contributed by atoms with Crippen LogP contribution >= 0.6 is 0 Å². The number of aromatic nitrogens is 1. The van der Waals surface area contributed by atoms with Crippen molar-refractivity contribution in [3.05, 3.63) is 107 Å². The van der Waals surface area contributed by atoms with Crippen molar-refractivity contribution in [2.45, 2.75) is 72.5 Å². The van der Waals surface area contributed by atoms with Gasteiger partial charge in [0.1, 0.15) is 40.8 Å². The molecule has 1 amide bonds. The number of aryl methyl sites for hydroxylation is 1. The van der Waals surface area contributed by atoms with Gasteiger partial charge in [0.15, 0.2) is 0 Å². The predicted molar refractivity (Wildman–Crippen MR) is 183 cm³/mol. The van der Waals surface area contributed by atoms with Crippen LogP contribution in [0.3, 0.4) is 0 Å². The first-order valence-corrected chi connectivity index (χ1v) is 15.9. The largest absolute Gasteiger partial charge is 0.534 e. The summed E-state index contributed by atoms with van der Waals surface area (Å²) < 4.78 is 66.9. The van der Waals surface area contributed by atoms with Gasteiger partial charge in [-0.05, 0) is 114 Å². The molecule has 51 heavy (non-hydrogen) atoms. The second-order valence-corrected chi connectivity index (χ2v) is 13.4. The van der Waals surface area contributed by atoms with Gasteiger partial charge in [0.05, 0.1) is 19.2 Å². The lowest BCUT2D eigenvalue weighted by Gasteiger charge is -2.27. The first-order valence-electron chi connectivity index (χ1n) is 15.9. The van der Waals surface area contributed by atoms with Crippen molar-refractivity contribution < 1.29 is 51.0 Å². The fourth-order valence-corrected chi connectivity index (χ4v) is 4.56. The lowest BCUT2D eigenvalue weighted by Crippen LogP contribution is -2.40. The van der Waals surface area contributed by atoms with Crippen LogP contribution in [0.2, 0.25) is 0 Å². The molecule has 0 spiro atoms. The molecule has 272 valence electrons. The van der Waals surface area contributed by atoms with Gasteiger partial charge in [0.2, 0.25) is 5.89 Å². The van der Waals surface area contributed by atoms with Crippen LogP contribution in [0.1, 0.15) is 69.7 Å². The molecule has 3 aromatic carbocycles. The Bertz CT molecular complexity index is 1840. The highest BCUT2D eigenvalue weighted by Crippen LogP contribution is 2.32. The van der Waals surface area contributed by atoms with Gasteiger partial charge in [-0.25, -0.2) is 14.6 Å². The maximum atomic E-state index is 13.1. The standard InChI is InChI=1S/C38H41F3N2O8/c1-24-32(42-33(48-24)26-12-16-28(17-13-26)38(39,40)41)23-47-30-11-9-10-27(22-30)31(25-14-18-29(46-8)19-15-25)20-21-43(34(44)49-36(2,3)4)51-35(45)50-37(5,6)7/h9-20,22H,21,23H2,1-8H3/b31-20+. The fraction of sp³-hybridized carbons (Fsp3) is 0.342. The van der Waals surface area contributed by atoms with Gasteiger partial charge in [0, 0.05) is 5.56 Å². The maximum Gasteiger partial charge on any atom is 0.534 e. The molecule has 0 aliphatic carbocycles. The van der Waals surface area contributed by atoms with Crippen molar-refractivity contribution in [3.8, 4) is 23.0 Å². The number of rotatable bonds is 9. The molecule has 0 fully saturated rings. The molecule has 0 bridgehead atoms. The van der Waals surface area contributed by atoms with Gasteiger partial charge >= 0.3 is 18.4 Å². The van der Waals surface area contributed by atoms with Crippen molar-refractivity contribution in [2.24, 2.45) is 0 Å². The van der Waals surface area contributed by atoms with E-state index in [2.05, 4.69) is 4.98 Å². The number of carbonyl (C=O) groups is 2. The molecule has 0 saturated heterocycles. The average molecular weight is 711 g/mol. The van der Waals surface area contributed by atoms with E-state index < -0.39 is 35.2 Å². The van der Waals surface area contributed by atoms with Crippen LogP contribution in [-0.2, 0) is 27.1 Å². The minimum absolute atomic E-state index is 0.0111. The number of benzene rings is 3. The Labute approximate surface area is 294 Å². The molecule has 4 rings (SSSR count). The van der Waals surface area contributed by atoms with Crippen molar-refractivity contribution in [1.82, 2.24) is 10.0 Å². The number of amides is 1. The number of hydrogen-bond donors (Lipinski definition) is 0. The van der Waals surface area contributed by atoms with E-state index >= 15 is 0 Å². The van der Waals surface area contributed by atoms with Gasteiger partial charge in [-0.1, -0.05) is 30.3 Å². The SMILES string of the molecule is COc1ccc(/C(=C\CN(OC(=O)OC(C)(C)C)C(=O)OC(C)(C)C)c2cccc(OCc3nc(-c4ccc(C(F)(F)F)cc4)oc3C)c2)cc1. The monoisotopic (exact) mass is 710 g/mol. The van der Waals surface area contributed by atoms with Gasteiger partial charge in [0.25, 0.3) is 0 Å². The number of carbonyl (C=O) groups excluding carboxylic acids is 2.